The van der Waals surface area contributed by atoms with Crippen LogP contribution in [0, 0.1) is 0 Å². The van der Waals surface area contributed by atoms with Crippen molar-refractivity contribution in [1.82, 2.24) is 5.32 Å². The summed E-state index contributed by atoms with van der Waals surface area (Å²) in [6.45, 7) is 5.04. The molecule has 0 saturated heterocycles. The Morgan fingerprint density at radius 2 is 2.10 bits per heavy atom. The molecule has 6 nitrogen and oxygen atoms in total. The van der Waals surface area contributed by atoms with Crippen LogP contribution in [0.4, 0.5) is 10.5 Å². The Morgan fingerprint density at radius 3 is 2.90 bits per heavy atom. The van der Waals surface area contributed by atoms with E-state index in [0.29, 0.717) is 25.3 Å². The van der Waals surface area contributed by atoms with Gasteiger partial charge in [-0.3, -0.25) is 0 Å². The van der Waals surface area contributed by atoms with Gasteiger partial charge >= 0.3 is 12.1 Å². The SMILES string of the molecule is CCOC(=O)NCCc1ccc2c(c1)CCN2CCCOC(=O)C1=CCCC=C1. The number of anilines is 1. The summed E-state index contributed by atoms with van der Waals surface area (Å²) >= 11 is 0. The molecule has 0 fully saturated rings. The van der Waals surface area contributed by atoms with Gasteiger partial charge in [-0.05, 0) is 56.2 Å². The number of allylic oxidation sites excluding steroid dienone is 2. The number of benzene rings is 1. The fraction of sp³-hybridized carbons (Fsp3) is 0.478. The van der Waals surface area contributed by atoms with Gasteiger partial charge in [0.05, 0.1) is 18.8 Å². The topological polar surface area (TPSA) is 67.9 Å². The van der Waals surface area contributed by atoms with Crippen LogP contribution in [-0.2, 0) is 27.1 Å². The van der Waals surface area contributed by atoms with Crippen molar-refractivity contribution >= 4 is 17.7 Å². The Balaban J connectivity index is 1.40. The maximum atomic E-state index is 12.0. The summed E-state index contributed by atoms with van der Waals surface area (Å²) in [7, 11) is 0. The number of amides is 1. The van der Waals surface area contributed by atoms with Gasteiger partial charge in [0.2, 0.25) is 0 Å². The van der Waals surface area contributed by atoms with E-state index < -0.39 is 0 Å². The minimum absolute atomic E-state index is 0.219. The Bertz CT molecular complexity index is 785. The van der Waals surface area contributed by atoms with E-state index in [0.717, 1.165) is 45.2 Å². The van der Waals surface area contributed by atoms with Gasteiger partial charge < -0.3 is 19.7 Å². The first kappa shape index (κ1) is 21.0. The van der Waals surface area contributed by atoms with E-state index in [4.69, 9.17) is 9.47 Å². The summed E-state index contributed by atoms with van der Waals surface area (Å²) in [6, 6.07) is 6.50. The molecule has 0 radical (unpaired) electrons. The van der Waals surface area contributed by atoms with Crippen molar-refractivity contribution in [3.8, 4) is 0 Å². The zero-order valence-electron chi connectivity index (χ0n) is 17.1. The van der Waals surface area contributed by atoms with Crippen LogP contribution in [0.25, 0.3) is 0 Å². The van der Waals surface area contributed by atoms with Gasteiger partial charge in [0.1, 0.15) is 0 Å². The largest absolute Gasteiger partial charge is 0.462 e. The van der Waals surface area contributed by atoms with Crippen molar-refractivity contribution < 1.29 is 19.1 Å². The third kappa shape index (κ3) is 6.11. The van der Waals surface area contributed by atoms with Gasteiger partial charge in [-0.15, -0.1) is 0 Å². The highest BCUT2D eigenvalue weighted by atomic mass is 16.5. The van der Waals surface area contributed by atoms with E-state index in [-0.39, 0.29) is 12.1 Å². The van der Waals surface area contributed by atoms with Gasteiger partial charge in [0.15, 0.2) is 0 Å². The van der Waals surface area contributed by atoms with Crippen LogP contribution in [0.1, 0.15) is 37.3 Å². The van der Waals surface area contributed by atoms with Crippen molar-refractivity contribution in [3.05, 3.63) is 53.1 Å². The molecule has 0 aromatic heterocycles. The van der Waals surface area contributed by atoms with Crippen LogP contribution in [-0.4, -0.2) is 44.9 Å². The summed E-state index contributed by atoms with van der Waals surface area (Å²) < 4.78 is 10.3. The van der Waals surface area contributed by atoms with Crippen molar-refractivity contribution in [2.45, 2.75) is 39.0 Å². The number of hydrogen-bond acceptors (Lipinski definition) is 5. The van der Waals surface area contributed by atoms with Gasteiger partial charge in [-0.1, -0.05) is 30.4 Å². The number of carbonyl (C=O) groups excluding carboxylic acids is 2. The number of nitrogens with one attached hydrogen (secondary N) is 1. The second kappa shape index (κ2) is 10.7. The fourth-order valence-electron chi connectivity index (χ4n) is 3.67. The Morgan fingerprint density at radius 1 is 1.21 bits per heavy atom. The van der Waals surface area contributed by atoms with Crippen LogP contribution in [0.2, 0.25) is 0 Å². The average Bonchev–Trinajstić information content (AvgIpc) is 3.14. The fourth-order valence-corrected chi connectivity index (χ4v) is 3.67. The van der Waals surface area contributed by atoms with Crippen LogP contribution in [0.15, 0.2) is 42.0 Å². The van der Waals surface area contributed by atoms with E-state index in [1.54, 1.807) is 6.92 Å². The highest BCUT2D eigenvalue weighted by molar-refractivity contribution is 5.91. The molecule has 29 heavy (non-hydrogen) atoms. The minimum atomic E-state index is -0.365. The Labute approximate surface area is 172 Å². The second-order valence-corrected chi connectivity index (χ2v) is 7.23. The molecule has 1 aromatic rings. The number of esters is 1. The van der Waals surface area contributed by atoms with Crippen LogP contribution < -0.4 is 10.2 Å². The molecule has 6 heteroatoms. The summed E-state index contributed by atoms with van der Waals surface area (Å²) in [5.74, 6) is -0.219. The molecular formula is C23H30N2O4. The summed E-state index contributed by atoms with van der Waals surface area (Å²) in [5, 5.41) is 2.75. The normalized spacial score (nSPS) is 14.9. The number of fused-ring (bicyclic) bond motifs is 1. The molecule has 0 spiro atoms. The lowest BCUT2D eigenvalue weighted by Crippen LogP contribution is -2.26. The standard InChI is InChI=1S/C23H30N2O4/c1-2-28-23(27)24-13-11-18-9-10-21-20(17-18)12-15-25(21)14-6-16-29-22(26)19-7-4-3-5-8-19/h4,7-10,17H,2-3,5-6,11-16H2,1H3,(H,24,27). The lowest BCUT2D eigenvalue weighted by atomic mass is 10.1. The minimum Gasteiger partial charge on any atom is -0.462 e. The molecule has 1 amide bonds. The maximum Gasteiger partial charge on any atom is 0.407 e. The molecule has 1 N–H and O–H groups in total. The molecule has 0 atom stereocenters. The number of nitrogens with zero attached hydrogens (tertiary/aromatic N) is 1. The third-order valence-corrected chi connectivity index (χ3v) is 5.13. The Hall–Kier alpha value is -2.76. The van der Waals surface area contributed by atoms with E-state index in [9.17, 15) is 9.59 Å². The zero-order chi connectivity index (χ0) is 20.5. The first-order valence-corrected chi connectivity index (χ1v) is 10.5. The second-order valence-electron chi connectivity index (χ2n) is 7.23. The zero-order valence-corrected chi connectivity index (χ0v) is 17.1. The van der Waals surface area contributed by atoms with Crippen molar-refractivity contribution in [1.29, 1.82) is 0 Å². The van der Waals surface area contributed by atoms with E-state index in [1.165, 1.54) is 16.8 Å². The Kier molecular flexibility index (Phi) is 7.73. The molecule has 156 valence electrons. The maximum absolute atomic E-state index is 12.0. The van der Waals surface area contributed by atoms with E-state index in [1.807, 2.05) is 18.2 Å². The first-order valence-electron chi connectivity index (χ1n) is 10.5. The highest BCUT2D eigenvalue weighted by Crippen LogP contribution is 2.29. The number of alkyl carbamates (subject to hydrolysis) is 1. The van der Waals surface area contributed by atoms with Gasteiger partial charge in [-0.25, -0.2) is 9.59 Å². The van der Waals surface area contributed by atoms with Crippen molar-refractivity contribution in [2.24, 2.45) is 0 Å². The molecule has 1 heterocycles. The summed E-state index contributed by atoms with van der Waals surface area (Å²) in [5.41, 5.74) is 4.49. The first-order chi connectivity index (χ1) is 14.2. The van der Waals surface area contributed by atoms with Gasteiger partial charge in [0.25, 0.3) is 0 Å². The van der Waals surface area contributed by atoms with Gasteiger partial charge in [-0.2, -0.15) is 0 Å². The monoisotopic (exact) mass is 398 g/mol. The van der Waals surface area contributed by atoms with Crippen LogP contribution in [0.5, 0.6) is 0 Å². The number of rotatable bonds is 9. The smallest absolute Gasteiger partial charge is 0.407 e. The number of carbonyl (C=O) groups is 2. The molecule has 1 aromatic carbocycles. The van der Waals surface area contributed by atoms with Crippen molar-refractivity contribution in [3.63, 3.8) is 0 Å². The quantitative estimate of drug-likeness (QED) is 0.509. The number of hydrogen-bond donors (Lipinski definition) is 1. The molecule has 0 bridgehead atoms. The molecule has 1 aliphatic carbocycles. The van der Waals surface area contributed by atoms with E-state index in [2.05, 4.69) is 28.4 Å². The predicted molar refractivity (Wildman–Crippen MR) is 113 cm³/mol. The molecule has 3 rings (SSSR count). The molecule has 1 aliphatic heterocycles. The lowest BCUT2D eigenvalue weighted by molar-refractivity contribution is -0.138. The highest BCUT2D eigenvalue weighted by Gasteiger charge is 2.19. The van der Waals surface area contributed by atoms with Gasteiger partial charge in [0, 0.05) is 25.3 Å². The molecular weight excluding hydrogens is 368 g/mol. The predicted octanol–water partition coefficient (Wildman–Crippen LogP) is 3.55. The molecule has 0 saturated carbocycles. The summed E-state index contributed by atoms with van der Waals surface area (Å²) in [4.78, 5) is 25.7. The average molecular weight is 399 g/mol. The third-order valence-electron chi connectivity index (χ3n) is 5.13. The van der Waals surface area contributed by atoms with Crippen LogP contribution >= 0.6 is 0 Å². The molecule has 2 aliphatic rings. The lowest BCUT2D eigenvalue weighted by Gasteiger charge is -2.19. The number of ether oxygens (including phenoxy) is 2. The van der Waals surface area contributed by atoms with Crippen molar-refractivity contribution in [2.75, 3.05) is 37.7 Å². The molecule has 0 unspecified atom stereocenters. The summed E-state index contributed by atoms with van der Waals surface area (Å²) in [6.07, 6.45) is 9.96. The van der Waals surface area contributed by atoms with Crippen LogP contribution in [0.3, 0.4) is 0 Å². The van der Waals surface area contributed by atoms with E-state index >= 15 is 0 Å².